The maximum atomic E-state index is 9.76. The zero-order valence-corrected chi connectivity index (χ0v) is 4.99. The van der Waals surface area contributed by atoms with E-state index >= 15 is 0 Å². The van der Waals surface area contributed by atoms with Gasteiger partial charge in [0, 0.05) is 6.42 Å². The Bertz CT molecular complexity index is 151. The summed E-state index contributed by atoms with van der Waals surface area (Å²) in [6.45, 7) is 1.93. The second kappa shape index (κ2) is 3.93. The molecule has 1 N–H and O–H groups in total. The molecule has 0 radical (unpaired) electrons. The Hall–Kier alpha value is -0.240. The van der Waals surface area contributed by atoms with E-state index in [4.69, 9.17) is 4.55 Å². The quantitative estimate of drug-likeness (QED) is 0.523. The molecule has 42 valence electrons. The molecule has 0 aromatic heterocycles. The predicted octanol–water partition coefficient (Wildman–Crippen LogP) is 0.967. The topological polar surface area (TPSA) is 37.3 Å². The molecule has 0 bridgehead atoms. The Labute approximate surface area is 45.1 Å². The van der Waals surface area contributed by atoms with E-state index in [1.54, 1.807) is 0 Å². The third-order valence-corrected chi connectivity index (χ3v) is 0.927. The van der Waals surface area contributed by atoms with E-state index in [9.17, 15) is 4.21 Å². The van der Waals surface area contributed by atoms with Gasteiger partial charge in [-0.25, -0.2) is 0 Å². The minimum absolute atomic E-state index is 0.600. The van der Waals surface area contributed by atoms with Gasteiger partial charge in [0.25, 0.3) is 0 Å². The summed E-state index contributed by atoms with van der Waals surface area (Å²) in [5, 5.41) is 2.32. The fraction of sp³-hybridized carbons (Fsp3) is 0.750. The van der Waals surface area contributed by atoms with Crippen molar-refractivity contribution in [3.8, 4) is 5.18 Å². The minimum atomic E-state index is -1.82. The van der Waals surface area contributed by atoms with Crippen LogP contribution >= 0.6 is 0 Å². The standard InChI is InChI=1S/C4H8O2S/c1-2-3-4-7(5)6/h2-3H2,1H3,(H,5,6). The molecule has 7 heavy (non-hydrogen) atoms. The third-order valence-electron chi connectivity index (χ3n) is 0.476. The molecule has 2 nitrogen and oxygen atoms in total. The van der Waals surface area contributed by atoms with Gasteiger partial charge in [-0.15, -0.1) is 0 Å². The summed E-state index contributed by atoms with van der Waals surface area (Å²) in [5.74, 6) is 0. The molecule has 3 heteroatoms. The molecule has 0 saturated carbocycles. The van der Waals surface area contributed by atoms with Crippen molar-refractivity contribution >= 4 is 10.5 Å². The molecule has 0 rings (SSSR count). The molecule has 0 fully saturated rings. The van der Waals surface area contributed by atoms with Crippen molar-refractivity contribution in [1.82, 2.24) is 0 Å². The van der Waals surface area contributed by atoms with Crippen LogP contribution in [0.5, 0.6) is 0 Å². The number of rotatable bonds is 1. The molecule has 0 saturated heterocycles. The van der Waals surface area contributed by atoms with Gasteiger partial charge in [0.1, 0.15) is 0 Å². The summed E-state index contributed by atoms with van der Waals surface area (Å²) in [5.41, 5.74) is 0. The fourth-order valence-electron chi connectivity index (χ4n) is 0.189. The highest BCUT2D eigenvalue weighted by Gasteiger charge is 1.68. The molecule has 0 spiro atoms. The van der Waals surface area contributed by atoms with Crippen LogP contribution < -0.4 is 0 Å². The summed E-state index contributed by atoms with van der Waals surface area (Å²) in [6, 6.07) is 0. The van der Waals surface area contributed by atoms with E-state index in [1.807, 2.05) is 6.92 Å². The van der Waals surface area contributed by atoms with Crippen LogP contribution in [0, 0.1) is 5.18 Å². The summed E-state index contributed by atoms with van der Waals surface area (Å²) in [6.07, 6.45) is 1.48. The molecule has 0 amide bonds. The maximum absolute atomic E-state index is 9.76. The Morgan fingerprint density at radius 3 is 2.57 bits per heavy atom. The van der Waals surface area contributed by atoms with Gasteiger partial charge in [-0.1, -0.05) is 6.92 Å². The van der Waals surface area contributed by atoms with Crippen molar-refractivity contribution in [2.75, 3.05) is 0 Å². The van der Waals surface area contributed by atoms with E-state index in [-0.39, 0.29) is 0 Å². The normalized spacial score (nSPS) is 7.71. The van der Waals surface area contributed by atoms with E-state index < -0.39 is 10.5 Å². The molecule has 0 aromatic rings. The van der Waals surface area contributed by atoms with Crippen LogP contribution in [0.25, 0.3) is 0 Å². The first kappa shape index (κ1) is 6.76. The monoisotopic (exact) mass is 120 g/mol. The second-order valence-corrected chi connectivity index (χ2v) is 1.93. The van der Waals surface area contributed by atoms with Gasteiger partial charge in [-0.05, 0) is 11.6 Å². The van der Waals surface area contributed by atoms with Crippen molar-refractivity contribution in [2.24, 2.45) is 0 Å². The Morgan fingerprint density at radius 1 is 1.86 bits per heavy atom. The maximum Gasteiger partial charge on any atom is 0.158 e. The lowest BCUT2D eigenvalue weighted by atomic mass is 10.4. The molecule has 0 aliphatic rings. The lowest BCUT2D eigenvalue weighted by Crippen LogP contribution is -1.65. The first-order valence-corrected chi connectivity index (χ1v) is 3.22. The predicted molar refractivity (Wildman–Crippen MR) is 29.6 cm³/mol. The highest BCUT2D eigenvalue weighted by atomic mass is 32.2. The summed E-state index contributed by atoms with van der Waals surface area (Å²) in [4.78, 5) is 0. The molecule has 0 heterocycles. The minimum Gasteiger partial charge on any atom is -0.281 e. The van der Waals surface area contributed by atoms with Gasteiger partial charge in [-0.2, -0.15) is 4.21 Å². The van der Waals surface area contributed by atoms with Crippen LogP contribution in [0.15, 0.2) is 0 Å². The SMILES string of the molecule is CCCC#S(=O)O. The van der Waals surface area contributed by atoms with E-state index in [0.29, 0.717) is 6.42 Å². The van der Waals surface area contributed by atoms with Crippen LogP contribution in [-0.2, 0) is 10.5 Å². The highest BCUT2D eigenvalue weighted by molar-refractivity contribution is 7.68. The molecule has 0 aliphatic carbocycles. The molecular weight excluding hydrogens is 112 g/mol. The fourth-order valence-corrected chi connectivity index (χ4v) is 0.568. The summed E-state index contributed by atoms with van der Waals surface area (Å²) >= 11 is 0. The van der Waals surface area contributed by atoms with Gasteiger partial charge in [0.05, 0.1) is 0 Å². The van der Waals surface area contributed by atoms with Crippen molar-refractivity contribution < 1.29 is 8.76 Å². The van der Waals surface area contributed by atoms with Crippen molar-refractivity contribution in [3.63, 3.8) is 0 Å². The third kappa shape index (κ3) is 5.76. The number of hydrogen-bond acceptors (Lipinski definition) is 1. The lowest BCUT2D eigenvalue weighted by molar-refractivity contribution is 0.582. The van der Waals surface area contributed by atoms with Crippen LogP contribution in [0.2, 0.25) is 0 Å². The smallest absolute Gasteiger partial charge is 0.158 e. The Morgan fingerprint density at radius 2 is 2.43 bits per heavy atom. The highest BCUT2D eigenvalue weighted by Crippen LogP contribution is 1.79. The van der Waals surface area contributed by atoms with E-state index in [1.165, 1.54) is 0 Å². The van der Waals surface area contributed by atoms with Gasteiger partial charge in [0.2, 0.25) is 0 Å². The number of hydrogen-bond donors (Lipinski definition) is 1. The average Bonchev–Trinajstić information content (AvgIpc) is 1.61. The molecule has 0 aliphatic heterocycles. The van der Waals surface area contributed by atoms with Crippen LogP contribution in [-0.4, -0.2) is 8.76 Å². The van der Waals surface area contributed by atoms with E-state index in [2.05, 4.69) is 5.18 Å². The first-order valence-electron chi connectivity index (χ1n) is 2.11. The van der Waals surface area contributed by atoms with Crippen LogP contribution in [0.1, 0.15) is 19.8 Å². The first-order chi connectivity index (χ1) is 3.27. The molecular formula is C4H8O2S. The van der Waals surface area contributed by atoms with Gasteiger partial charge < -0.3 is 0 Å². The molecule has 0 atom stereocenters. The summed E-state index contributed by atoms with van der Waals surface area (Å²) in [7, 11) is -1.82. The number of unbranched alkanes of at least 4 members (excludes halogenated alkanes) is 1. The largest absolute Gasteiger partial charge is 0.281 e. The Balaban J connectivity index is 3.46. The second-order valence-electron chi connectivity index (χ2n) is 1.14. The van der Waals surface area contributed by atoms with Crippen molar-refractivity contribution in [2.45, 2.75) is 19.8 Å². The summed E-state index contributed by atoms with van der Waals surface area (Å²) < 4.78 is 17.8. The van der Waals surface area contributed by atoms with Gasteiger partial charge in [0.15, 0.2) is 10.5 Å². The lowest BCUT2D eigenvalue weighted by Gasteiger charge is -1.71. The molecule has 0 aromatic carbocycles. The zero-order chi connectivity index (χ0) is 5.70. The average molecular weight is 120 g/mol. The molecule has 0 unspecified atom stereocenters. The van der Waals surface area contributed by atoms with E-state index in [0.717, 1.165) is 6.42 Å². The van der Waals surface area contributed by atoms with Gasteiger partial charge >= 0.3 is 0 Å². The van der Waals surface area contributed by atoms with Crippen molar-refractivity contribution in [1.29, 1.82) is 0 Å². The Kier molecular flexibility index (Phi) is 3.80. The zero-order valence-electron chi connectivity index (χ0n) is 4.18. The van der Waals surface area contributed by atoms with Crippen LogP contribution in [0.4, 0.5) is 0 Å². The van der Waals surface area contributed by atoms with Crippen LogP contribution in [0.3, 0.4) is 0 Å². The van der Waals surface area contributed by atoms with Crippen molar-refractivity contribution in [3.05, 3.63) is 0 Å². The van der Waals surface area contributed by atoms with Gasteiger partial charge in [-0.3, -0.25) is 4.55 Å².